The van der Waals surface area contributed by atoms with Crippen molar-refractivity contribution in [2.24, 2.45) is 0 Å². The highest BCUT2D eigenvalue weighted by molar-refractivity contribution is 6.32. The first kappa shape index (κ1) is 19.3. The van der Waals surface area contributed by atoms with Crippen LogP contribution in [0.2, 0.25) is 5.02 Å². The zero-order valence-corrected chi connectivity index (χ0v) is 16.3. The number of anilines is 1. The van der Waals surface area contributed by atoms with E-state index in [1.165, 1.54) is 31.5 Å². The monoisotopic (exact) mass is 407 g/mol. The molecule has 1 atom stereocenters. The summed E-state index contributed by atoms with van der Waals surface area (Å²) in [5, 5.41) is 0.0388. The average molecular weight is 408 g/mol. The number of morpholine rings is 1. The highest BCUT2D eigenvalue weighted by Crippen LogP contribution is 2.25. The Hall–Kier alpha value is -2.03. The summed E-state index contributed by atoms with van der Waals surface area (Å²) in [5.74, 6) is 0.0407. The van der Waals surface area contributed by atoms with Crippen LogP contribution in [-0.4, -0.2) is 65.3 Å². The van der Waals surface area contributed by atoms with Gasteiger partial charge in [-0.05, 0) is 32.0 Å². The van der Waals surface area contributed by atoms with E-state index in [2.05, 4.69) is 19.9 Å². The van der Waals surface area contributed by atoms with Crippen LogP contribution in [0, 0.1) is 5.95 Å². The zero-order chi connectivity index (χ0) is 19.5. The van der Waals surface area contributed by atoms with Crippen molar-refractivity contribution in [1.82, 2.24) is 19.9 Å². The molecule has 7 nitrogen and oxygen atoms in total. The van der Waals surface area contributed by atoms with Crippen LogP contribution >= 0.6 is 11.6 Å². The van der Waals surface area contributed by atoms with Gasteiger partial charge in [0.05, 0.1) is 12.7 Å². The molecule has 0 radical (unpaired) electrons. The number of likely N-dealkylation sites (tertiary alicyclic amines) is 1. The molecule has 28 heavy (non-hydrogen) atoms. The first-order chi connectivity index (χ1) is 13.6. The molecule has 9 heteroatoms. The van der Waals surface area contributed by atoms with Crippen molar-refractivity contribution in [3.05, 3.63) is 39.7 Å². The number of piperidine rings is 1. The Morgan fingerprint density at radius 1 is 1.29 bits per heavy atom. The van der Waals surface area contributed by atoms with Gasteiger partial charge < -0.3 is 19.5 Å². The van der Waals surface area contributed by atoms with E-state index in [0.29, 0.717) is 31.1 Å². The molecule has 0 bridgehead atoms. The Balaban J connectivity index is 1.56. The van der Waals surface area contributed by atoms with Gasteiger partial charge in [-0.15, -0.1) is 0 Å². The SMILES string of the molecule is O=c1[nH]c(-c2ccnc(F)c2)nc(N2CCOC(CN3CCCCC3)C2)c1Cl. The summed E-state index contributed by atoms with van der Waals surface area (Å²) in [6, 6.07) is 2.83. The molecule has 1 N–H and O–H groups in total. The van der Waals surface area contributed by atoms with Crippen molar-refractivity contribution >= 4 is 17.4 Å². The third-order valence-corrected chi connectivity index (χ3v) is 5.53. The molecule has 2 aromatic heterocycles. The van der Waals surface area contributed by atoms with Crippen LogP contribution in [0.15, 0.2) is 23.1 Å². The Morgan fingerprint density at radius 2 is 2.11 bits per heavy atom. The van der Waals surface area contributed by atoms with Crippen molar-refractivity contribution in [2.75, 3.05) is 44.2 Å². The lowest BCUT2D eigenvalue weighted by Gasteiger charge is -2.37. The molecule has 0 aliphatic carbocycles. The summed E-state index contributed by atoms with van der Waals surface area (Å²) in [5.41, 5.74) is -0.00129. The van der Waals surface area contributed by atoms with Gasteiger partial charge >= 0.3 is 0 Å². The van der Waals surface area contributed by atoms with Crippen molar-refractivity contribution in [3.63, 3.8) is 0 Å². The number of hydrogen-bond donors (Lipinski definition) is 1. The van der Waals surface area contributed by atoms with Crippen molar-refractivity contribution < 1.29 is 9.13 Å². The minimum absolute atomic E-state index is 0.0332. The number of nitrogens with zero attached hydrogens (tertiary/aromatic N) is 4. The molecule has 2 aliphatic rings. The molecule has 2 saturated heterocycles. The minimum atomic E-state index is -0.635. The summed E-state index contributed by atoms with van der Waals surface area (Å²) in [6.07, 6.45) is 5.11. The van der Waals surface area contributed by atoms with Crippen LogP contribution < -0.4 is 10.5 Å². The zero-order valence-electron chi connectivity index (χ0n) is 15.5. The van der Waals surface area contributed by atoms with E-state index < -0.39 is 11.5 Å². The fourth-order valence-corrected chi connectivity index (χ4v) is 4.00. The predicted octanol–water partition coefficient (Wildman–Crippen LogP) is 2.32. The number of aromatic nitrogens is 3. The minimum Gasteiger partial charge on any atom is -0.373 e. The molecule has 4 rings (SSSR count). The highest BCUT2D eigenvalue weighted by atomic mass is 35.5. The van der Waals surface area contributed by atoms with Gasteiger partial charge in [0.25, 0.3) is 5.56 Å². The molecular formula is C19H23ClFN5O2. The topological polar surface area (TPSA) is 74.3 Å². The van der Waals surface area contributed by atoms with Crippen LogP contribution in [0.4, 0.5) is 10.2 Å². The van der Waals surface area contributed by atoms with Gasteiger partial charge in [0.2, 0.25) is 5.95 Å². The Bertz CT molecular complexity index is 887. The number of ether oxygens (including phenoxy) is 1. The van der Waals surface area contributed by atoms with E-state index in [0.717, 1.165) is 19.6 Å². The maximum atomic E-state index is 13.5. The average Bonchev–Trinajstić information content (AvgIpc) is 2.71. The van der Waals surface area contributed by atoms with Crippen molar-refractivity contribution in [1.29, 1.82) is 0 Å². The number of rotatable bonds is 4. The third-order valence-electron chi connectivity index (χ3n) is 5.19. The molecule has 2 fully saturated rings. The van der Waals surface area contributed by atoms with E-state index in [1.807, 2.05) is 4.90 Å². The number of nitrogens with one attached hydrogen (secondary N) is 1. The Morgan fingerprint density at radius 3 is 2.89 bits per heavy atom. The van der Waals surface area contributed by atoms with E-state index in [9.17, 15) is 9.18 Å². The molecular weight excluding hydrogens is 385 g/mol. The summed E-state index contributed by atoms with van der Waals surface area (Å²) in [4.78, 5) is 27.4. The first-order valence-corrected chi connectivity index (χ1v) is 9.98. The van der Waals surface area contributed by atoms with Crippen molar-refractivity contribution in [2.45, 2.75) is 25.4 Å². The third kappa shape index (κ3) is 4.34. The molecule has 150 valence electrons. The predicted molar refractivity (Wildman–Crippen MR) is 105 cm³/mol. The largest absolute Gasteiger partial charge is 0.373 e. The van der Waals surface area contributed by atoms with Gasteiger partial charge in [0.15, 0.2) is 5.82 Å². The number of hydrogen-bond acceptors (Lipinski definition) is 6. The van der Waals surface area contributed by atoms with Crippen LogP contribution in [0.3, 0.4) is 0 Å². The van der Waals surface area contributed by atoms with E-state index in [4.69, 9.17) is 16.3 Å². The van der Waals surface area contributed by atoms with Gasteiger partial charge in [0.1, 0.15) is 10.8 Å². The maximum Gasteiger partial charge on any atom is 0.272 e. The Labute approximate surface area is 167 Å². The van der Waals surface area contributed by atoms with Crippen LogP contribution in [0.25, 0.3) is 11.4 Å². The van der Waals surface area contributed by atoms with Gasteiger partial charge in [-0.25, -0.2) is 9.97 Å². The van der Waals surface area contributed by atoms with E-state index >= 15 is 0 Å². The fourth-order valence-electron chi connectivity index (χ4n) is 3.80. The summed E-state index contributed by atoms with van der Waals surface area (Å²) >= 11 is 6.27. The number of halogens is 2. The highest BCUT2D eigenvalue weighted by Gasteiger charge is 2.27. The quantitative estimate of drug-likeness (QED) is 0.784. The van der Waals surface area contributed by atoms with Gasteiger partial charge in [-0.2, -0.15) is 4.39 Å². The molecule has 1 unspecified atom stereocenters. The second kappa shape index (κ2) is 8.55. The summed E-state index contributed by atoms with van der Waals surface area (Å²) in [7, 11) is 0. The smallest absolute Gasteiger partial charge is 0.272 e. The van der Waals surface area contributed by atoms with Gasteiger partial charge in [-0.1, -0.05) is 18.0 Å². The molecule has 2 aliphatic heterocycles. The normalized spacial score (nSPS) is 21.1. The van der Waals surface area contributed by atoms with Crippen LogP contribution in [-0.2, 0) is 4.74 Å². The van der Waals surface area contributed by atoms with Crippen molar-refractivity contribution in [3.8, 4) is 11.4 Å². The van der Waals surface area contributed by atoms with Gasteiger partial charge in [0, 0.05) is 37.5 Å². The summed E-state index contributed by atoms with van der Waals surface area (Å²) in [6.45, 7) is 4.80. The lowest BCUT2D eigenvalue weighted by molar-refractivity contribution is 0.0119. The Kier molecular flexibility index (Phi) is 5.89. The first-order valence-electron chi connectivity index (χ1n) is 9.61. The number of H-pyrrole nitrogens is 1. The standard InChI is InChI=1S/C19H23ClFN5O2/c20-16-18(23-17(24-19(16)27)13-4-5-22-15(21)10-13)26-8-9-28-14(12-26)11-25-6-2-1-3-7-25/h4-5,10,14H,1-3,6-9,11-12H2,(H,23,24,27). The van der Waals surface area contributed by atoms with Gasteiger partial charge in [-0.3, -0.25) is 4.79 Å². The molecule has 0 aromatic carbocycles. The fraction of sp³-hybridized carbons (Fsp3) is 0.526. The number of aromatic amines is 1. The number of pyridine rings is 1. The van der Waals surface area contributed by atoms with E-state index in [-0.39, 0.29) is 17.0 Å². The van der Waals surface area contributed by atoms with E-state index in [1.54, 1.807) is 6.07 Å². The van der Waals surface area contributed by atoms with Crippen LogP contribution in [0.5, 0.6) is 0 Å². The van der Waals surface area contributed by atoms with Crippen LogP contribution in [0.1, 0.15) is 19.3 Å². The summed E-state index contributed by atoms with van der Waals surface area (Å²) < 4.78 is 19.4. The molecule has 2 aromatic rings. The molecule has 0 spiro atoms. The molecule has 0 amide bonds. The maximum absolute atomic E-state index is 13.5. The lowest BCUT2D eigenvalue weighted by atomic mass is 10.1. The lowest BCUT2D eigenvalue weighted by Crippen LogP contribution is -2.49. The second-order valence-corrected chi connectivity index (χ2v) is 7.60. The molecule has 4 heterocycles. The second-order valence-electron chi connectivity index (χ2n) is 7.22. The molecule has 0 saturated carbocycles.